The standard InChI is InChI=1S/C16H21N5O2/c1-20(16(23)13-5-6-15(22)17-13)11-8-21(9-11)14-7-10-3-2-4-12(10)18-19-14/h7,11,13H,2-6,8-9H2,1H3,(H,17,22). The van der Waals surface area contributed by atoms with Gasteiger partial charge in [0.05, 0.1) is 11.7 Å². The van der Waals surface area contributed by atoms with Crippen LogP contribution in [0.15, 0.2) is 6.07 Å². The molecule has 0 aromatic carbocycles. The first kappa shape index (κ1) is 14.4. The quantitative estimate of drug-likeness (QED) is 0.842. The molecule has 1 N–H and O–H groups in total. The maximum atomic E-state index is 12.4. The Bertz CT molecular complexity index is 656. The van der Waals surface area contributed by atoms with E-state index in [1.165, 1.54) is 12.0 Å². The normalized spacial score (nSPS) is 23.4. The van der Waals surface area contributed by atoms with Crippen molar-refractivity contribution in [3.05, 3.63) is 17.3 Å². The average Bonchev–Trinajstić information content (AvgIpc) is 3.13. The molecule has 0 radical (unpaired) electrons. The molecule has 1 unspecified atom stereocenters. The van der Waals surface area contributed by atoms with E-state index in [1.807, 2.05) is 7.05 Å². The molecule has 2 aliphatic heterocycles. The maximum absolute atomic E-state index is 12.4. The number of hydrogen-bond donors (Lipinski definition) is 1. The zero-order valence-electron chi connectivity index (χ0n) is 13.3. The summed E-state index contributed by atoms with van der Waals surface area (Å²) in [5, 5.41) is 11.4. The third-order valence-electron chi connectivity index (χ3n) is 5.18. The van der Waals surface area contributed by atoms with E-state index in [-0.39, 0.29) is 23.9 Å². The molecule has 3 heterocycles. The summed E-state index contributed by atoms with van der Waals surface area (Å²) in [6.45, 7) is 1.55. The number of nitrogens with zero attached hydrogens (tertiary/aromatic N) is 4. The molecule has 1 aliphatic carbocycles. The highest BCUT2D eigenvalue weighted by molar-refractivity contribution is 5.91. The van der Waals surface area contributed by atoms with Crippen molar-refractivity contribution in [1.29, 1.82) is 0 Å². The van der Waals surface area contributed by atoms with Crippen molar-refractivity contribution >= 4 is 17.6 Å². The monoisotopic (exact) mass is 315 g/mol. The fourth-order valence-corrected chi connectivity index (χ4v) is 3.58. The van der Waals surface area contributed by atoms with Crippen LogP contribution in [-0.4, -0.2) is 59.1 Å². The number of nitrogens with one attached hydrogen (secondary N) is 1. The van der Waals surface area contributed by atoms with E-state index in [2.05, 4.69) is 26.5 Å². The summed E-state index contributed by atoms with van der Waals surface area (Å²) in [5.41, 5.74) is 2.45. The zero-order valence-corrected chi connectivity index (χ0v) is 13.3. The topological polar surface area (TPSA) is 78.4 Å². The van der Waals surface area contributed by atoms with Gasteiger partial charge in [0.15, 0.2) is 5.82 Å². The van der Waals surface area contributed by atoms with Crippen LogP contribution in [0.25, 0.3) is 0 Å². The minimum atomic E-state index is -0.346. The Morgan fingerprint density at radius 3 is 2.87 bits per heavy atom. The first-order valence-electron chi connectivity index (χ1n) is 8.28. The minimum Gasteiger partial charge on any atom is -0.351 e. The Labute approximate surface area is 135 Å². The van der Waals surface area contributed by atoms with Crippen LogP contribution < -0.4 is 10.2 Å². The second kappa shape index (κ2) is 5.47. The molecule has 3 aliphatic rings. The number of anilines is 1. The van der Waals surface area contributed by atoms with E-state index in [1.54, 1.807) is 4.90 Å². The van der Waals surface area contributed by atoms with E-state index in [9.17, 15) is 9.59 Å². The summed E-state index contributed by atoms with van der Waals surface area (Å²) in [6.07, 6.45) is 4.35. The van der Waals surface area contributed by atoms with E-state index in [0.29, 0.717) is 12.8 Å². The molecular weight excluding hydrogens is 294 g/mol. The number of likely N-dealkylation sites (N-methyl/N-ethyl adjacent to an activating group) is 1. The second-order valence-corrected chi connectivity index (χ2v) is 6.69. The van der Waals surface area contributed by atoms with Crippen molar-refractivity contribution in [3.8, 4) is 0 Å². The molecule has 0 spiro atoms. The third-order valence-corrected chi connectivity index (χ3v) is 5.18. The number of carbonyl (C=O) groups excluding carboxylic acids is 2. The molecule has 23 heavy (non-hydrogen) atoms. The lowest BCUT2D eigenvalue weighted by Gasteiger charge is -2.45. The SMILES string of the molecule is CN(C(=O)C1CCC(=O)N1)C1CN(c2cc3c(nn2)CCC3)C1. The number of fused-ring (bicyclic) bond motifs is 1. The summed E-state index contributed by atoms with van der Waals surface area (Å²) < 4.78 is 0. The van der Waals surface area contributed by atoms with Gasteiger partial charge in [0.25, 0.3) is 0 Å². The molecule has 1 atom stereocenters. The van der Waals surface area contributed by atoms with Gasteiger partial charge in [-0.2, -0.15) is 5.10 Å². The van der Waals surface area contributed by atoms with Gasteiger partial charge in [0.2, 0.25) is 11.8 Å². The predicted molar refractivity (Wildman–Crippen MR) is 84.0 cm³/mol. The zero-order chi connectivity index (χ0) is 16.0. The van der Waals surface area contributed by atoms with Crippen LogP contribution in [-0.2, 0) is 22.4 Å². The van der Waals surface area contributed by atoms with Gasteiger partial charge in [-0.05, 0) is 37.3 Å². The second-order valence-electron chi connectivity index (χ2n) is 6.69. The number of aromatic nitrogens is 2. The van der Waals surface area contributed by atoms with Crippen LogP contribution in [0.4, 0.5) is 5.82 Å². The number of aryl methyl sites for hydroxylation is 2. The van der Waals surface area contributed by atoms with Crippen LogP contribution in [0.5, 0.6) is 0 Å². The number of rotatable bonds is 3. The fourth-order valence-electron chi connectivity index (χ4n) is 3.58. The Kier molecular flexibility index (Phi) is 3.43. The molecule has 7 heteroatoms. The Hall–Kier alpha value is -2.18. The molecule has 0 bridgehead atoms. The predicted octanol–water partition coefficient (Wildman–Crippen LogP) is -0.109. The Morgan fingerprint density at radius 1 is 1.30 bits per heavy atom. The van der Waals surface area contributed by atoms with E-state index >= 15 is 0 Å². The number of carbonyl (C=O) groups is 2. The van der Waals surface area contributed by atoms with E-state index in [4.69, 9.17) is 0 Å². The van der Waals surface area contributed by atoms with Crippen LogP contribution >= 0.6 is 0 Å². The number of amides is 2. The van der Waals surface area contributed by atoms with Crippen LogP contribution in [0, 0.1) is 0 Å². The summed E-state index contributed by atoms with van der Waals surface area (Å²) in [5.74, 6) is 0.901. The summed E-state index contributed by atoms with van der Waals surface area (Å²) in [7, 11) is 1.82. The molecular formula is C16H21N5O2. The van der Waals surface area contributed by atoms with Gasteiger partial charge in [0, 0.05) is 26.6 Å². The molecule has 2 amide bonds. The van der Waals surface area contributed by atoms with Gasteiger partial charge >= 0.3 is 0 Å². The van der Waals surface area contributed by atoms with Gasteiger partial charge < -0.3 is 15.1 Å². The van der Waals surface area contributed by atoms with E-state index in [0.717, 1.165) is 37.4 Å². The first-order chi connectivity index (χ1) is 11.1. The van der Waals surface area contributed by atoms with E-state index < -0.39 is 0 Å². The van der Waals surface area contributed by atoms with Gasteiger partial charge in [-0.3, -0.25) is 9.59 Å². The van der Waals surface area contributed by atoms with Gasteiger partial charge in [0.1, 0.15) is 6.04 Å². The first-order valence-corrected chi connectivity index (χ1v) is 8.28. The van der Waals surface area contributed by atoms with Crippen molar-refractivity contribution in [1.82, 2.24) is 20.4 Å². The van der Waals surface area contributed by atoms with Crippen molar-refractivity contribution < 1.29 is 9.59 Å². The highest BCUT2D eigenvalue weighted by Gasteiger charge is 2.37. The Morgan fingerprint density at radius 2 is 2.13 bits per heavy atom. The van der Waals surface area contributed by atoms with Gasteiger partial charge in [-0.1, -0.05) is 0 Å². The molecule has 1 aromatic rings. The minimum absolute atomic E-state index is 0.0144. The molecule has 7 nitrogen and oxygen atoms in total. The van der Waals surface area contributed by atoms with Gasteiger partial charge in [-0.25, -0.2) is 0 Å². The molecule has 1 aromatic heterocycles. The maximum Gasteiger partial charge on any atom is 0.245 e. The molecule has 122 valence electrons. The van der Waals surface area contributed by atoms with Crippen molar-refractivity contribution in [2.45, 2.75) is 44.2 Å². The van der Waals surface area contributed by atoms with Gasteiger partial charge in [-0.15, -0.1) is 5.10 Å². The molecule has 0 saturated carbocycles. The molecule has 2 saturated heterocycles. The fraction of sp³-hybridized carbons (Fsp3) is 0.625. The summed E-state index contributed by atoms with van der Waals surface area (Å²) in [4.78, 5) is 27.6. The van der Waals surface area contributed by atoms with Crippen LogP contribution in [0.1, 0.15) is 30.5 Å². The lowest BCUT2D eigenvalue weighted by atomic mass is 10.1. The lowest BCUT2D eigenvalue weighted by Crippen LogP contribution is -2.62. The van der Waals surface area contributed by atoms with Crippen LogP contribution in [0.2, 0.25) is 0 Å². The third kappa shape index (κ3) is 2.54. The number of hydrogen-bond acceptors (Lipinski definition) is 5. The summed E-state index contributed by atoms with van der Waals surface area (Å²) in [6, 6.07) is 1.97. The lowest BCUT2D eigenvalue weighted by molar-refractivity contribution is -0.135. The average molecular weight is 315 g/mol. The molecule has 2 fully saturated rings. The van der Waals surface area contributed by atoms with Crippen molar-refractivity contribution in [3.63, 3.8) is 0 Å². The highest BCUT2D eigenvalue weighted by Crippen LogP contribution is 2.26. The van der Waals surface area contributed by atoms with Crippen LogP contribution in [0.3, 0.4) is 0 Å². The smallest absolute Gasteiger partial charge is 0.245 e. The largest absolute Gasteiger partial charge is 0.351 e. The van der Waals surface area contributed by atoms with Crippen molar-refractivity contribution in [2.75, 3.05) is 25.0 Å². The Balaban J connectivity index is 1.35. The summed E-state index contributed by atoms with van der Waals surface area (Å²) >= 11 is 0. The highest BCUT2D eigenvalue weighted by atomic mass is 16.2. The molecule has 4 rings (SSSR count). The van der Waals surface area contributed by atoms with Crippen molar-refractivity contribution in [2.24, 2.45) is 0 Å².